The summed E-state index contributed by atoms with van der Waals surface area (Å²) >= 11 is 8.45. The predicted octanol–water partition coefficient (Wildman–Crippen LogP) is 8.47. The lowest BCUT2D eigenvalue weighted by molar-refractivity contribution is -0.122. The van der Waals surface area contributed by atoms with E-state index in [0.29, 0.717) is 41.3 Å². The molecule has 4 aromatic carbocycles. The molecule has 8 heteroatoms. The van der Waals surface area contributed by atoms with Gasteiger partial charge in [-0.2, -0.15) is 0 Å². The SMILES string of the molecule is COc1cc(/C=C2\SC(=NCc3ccccc3)N(Cc3ccccc3)C2=O)ccc1OCc1ccc(Br)cc1Br. The van der Waals surface area contributed by atoms with Crippen LogP contribution in [0.15, 0.2) is 116 Å². The lowest BCUT2D eigenvalue weighted by Crippen LogP contribution is -2.28. The van der Waals surface area contributed by atoms with E-state index < -0.39 is 0 Å². The summed E-state index contributed by atoms with van der Waals surface area (Å²) in [6.07, 6.45) is 1.88. The van der Waals surface area contributed by atoms with Gasteiger partial charge in [-0.1, -0.05) is 105 Å². The van der Waals surface area contributed by atoms with Gasteiger partial charge in [0.2, 0.25) is 0 Å². The van der Waals surface area contributed by atoms with Crippen molar-refractivity contribution in [2.75, 3.05) is 7.11 Å². The first-order chi connectivity index (χ1) is 19.5. The first kappa shape index (κ1) is 28.2. The molecule has 0 N–H and O–H groups in total. The highest BCUT2D eigenvalue weighted by Crippen LogP contribution is 2.36. The first-order valence-electron chi connectivity index (χ1n) is 12.6. The Balaban J connectivity index is 1.37. The summed E-state index contributed by atoms with van der Waals surface area (Å²) in [5.41, 5.74) is 4.00. The van der Waals surface area contributed by atoms with Crippen molar-refractivity contribution in [3.05, 3.63) is 133 Å². The lowest BCUT2D eigenvalue weighted by atomic mass is 10.1. The highest BCUT2D eigenvalue weighted by molar-refractivity contribution is 9.11. The summed E-state index contributed by atoms with van der Waals surface area (Å²) in [7, 11) is 1.61. The predicted molar refractivity (Wildman–Crippen MR) is 169 cm³/mol. The lowest BCUT2D eigenvalue weighted by Gasteiger charge is -2.15. The van der Waals surface area contributed by atoms with Crippen LogP contribution in [0.1, 0.15) is 22.3 Å². The summed E-state index contributed by atoms with van der Waals surface area (Å²) < 4.78 is 13.6. The van der Waals surface area contributed by atoms with E-state index in [-0.39, 0.29) is 5.91 Å². The molecule has 0 unspecified atom stereocenters. The number of halogens is 2. The molecule has 40 heavy (non-hydrogen) atoms. The van der Waals surface area contributed by atoms with Crippen LogP contribution in [-0.2, 0) is 24.5 Å². The fourth-order valence-corrected chi connectivity index (χ4v) is 6.25. The Kier molecular flexibility index (Phi) is 9.41. The Morgan fingerprint density at radius 2 is 1.60 bits per heavy atom. The zero-order valence-electron chi connectivity index (χ0n) is 21.7. The number of aliphatic imine (C=N–C) groups is 1. The second kappa shape index (κ2) is 13.4. The van der Waals surface area contributed by atoms with Gasteiger partial charge in [-0.15, -0.1) is 0 Å². The van der Waals surface area contributed by atoms with Gasteiger partial charge in [0.25, 0.3) is 5.91 Å². The second-order valence-corrected chi connectivity index (χ2v) is 11.8. The van der Waals surface area contributed by atoms with Gasteiger partial charge >= 0.3 is 0 Å². The molecule has 0 aliphatic carbocycles. The molecule has 0 atom stereocenters. The van der Waals surface area contributed by atoms with Gasteiger partial charge in [-0.25, -0.2) is 0 Å². The molecule has 1 aliphatic heterocycles. The maximum atomic E-state index is 13.6. The van der Waals surface area contributed by atoms with Crippen molar-refractivity contribution < 1.29 is 14.3 Å². The van der Waals surface area contributed by atoms with E-state index >= 15 is 0 Å². The number of hydrogen-bond donors (Lipinski definition) is 0. The Morgan fingerprint density at radius 1 is 0.875 bits per heavy atom. The number of thioether (sulfide) groups is 1. The van der Waals surface area contributed by atoms with Crippen molar-refractivity contribution in [1.29, 1.82) is 0 Å². The molecule has 1 heterocycles. The van der Waals surface area contributed by atoms with Gasteiger partial charge < -0.3 is 9.47 Å². The van der Waals surface area contributed by atoms with Crippen LogP contribution in [0.5, 0.6) is 11.5 Å². The molecule has 0 aromatic heterocycles. The minimum atomic E-state index is -0.0694. The van der Waals surface area contributed by atoms with Crippen molar-refractivity contribution >= 4 is 60.8 Å². The molecule has 1 aliphatic rings. The third-order valence-electron chi connectivity index (χ3n) is 6.20. The summed E-state index contributed by atoms with van der Waals surface area (Å²) in [4.78, 5) is 20.7. The zero-order valence-corrected chi connectivity index (χ0v) is 25.7. The van der Waals surface area contributed by atoms with Gasteiger partial charge in [0, 0.05) is 14.5 Å². The Hall–Kier alpha value is -3.33. The van der Waals surface area contributed by atoms with Crippen molar-refractivity contribution in [2.24, 2.45) is 4.99 Å². The molecule has 5 nitrogen and oxygen atoms in total. The monoisotopic (exact) mass is 676 g/mol. The summed E-state index contributed by atoms with van der Waals surface area (Å²) in [6.45, 7) is 1.34. The van der Waals surface area contributed by atoms with Crippen LogP contribution in [0.3, 0.4) is 0 Å². The Bertz CT molecular complexity index is 1560. The number of amides is 1. The number of rotatable bonds is 9. The van der Waals surface area contributed by atoms with Crippen molar-refractivity contribution in [1.82, 2.24) is 4.90 Å². The molecule has 1 fully saturated rings. The Morgan fingerprint density at radius 3 is 2.30 bits per heavy atom. The molecular weight excluding hydrogens is 652 g/mol. The number of carbonyl (C=O) groups is 1. The molecule has 0 radical (unpaired) electrons. The highest BCUT2D eigenvalue weighted by atomic mass is 79.9. The molecular formula is C32H26Br2N2O3S. The van der Waals surface area contributed by atoms with E-state index in [1.165, 1.54) is 11.8 Å². The minimum Gasteiger partial charge on any atom is -0.493 e. The number of ether oxygens (including phenoxy) is 2. The molecule has 1 saturated heterocycles. The van der Waals surface area contributed by atoms with Gasteiger partial charge in [0.15, 0.2) is 16.7 Å². The fraction of sp³-hybridized carbons (Fsp3) is 0.125. The first-order valence-corrected chi connectivity index (χ1v) is 15.0. The largest absolute Gasteiger partial charge is 0.493 e. The molecule has 202 valence electrons. The number of amidine groups is 1. The average molecular weight is 678 g/mol. The van der Waals surface area contributed by atoms with Crippen LogP contribution in [0.25, 0.3) is 6.08 Å². The molecule has 0 spiro atoms. The second-order valence-electron chi connectivity index (χ2n) is 9.01. The third-order valence-corrected chi connectivity index (χ3v) is 8.47. The van der Waals surface area contributed by atoms with E-state index in [2.05, 4.69) is 31.9 Å². The normalized spacial score (nSPS) is 15.2. The molecule has 0 saturated carbocycles. The number of benzene rings is 4. The van der Waals surface area contributed by atoms with Gasteiger partial charge in [0.05, 0.1) is 25.1 Å². The van der Waals surface area contributed by atoms with Crippen molar-refractivity contribution in [3.8, 4) is 11.5 Å². The van der Waals surface area contributed by atoms with Crippen LogP contribution >= 0.6 is 43.6 Å². The Labute approximate surface area is 255 Å². The summed E-state index contributed by atoms with van der Waals surface area (Å²) in [5.74, 6) is 1.15. The summed E-state index contributed by atoms with van der Waals surface area (Å²) in [6, 6.07) is 31.7. The average Bonchev–Trinajstić information content (AvgIpc) is 3.26. The molecule has 0 bridgehead atoms. The van der Waals surface area contributed by atoms with Gasteiger partial charge in [0.1, 0.15) is 6.61 Å². The fourth-order valence-electron chi connectivity index (χ4n) is 4.11. The van der Waals surface area contributed by atoms with E-state index in [9.17, 15) is 4.79 Å². The van der Waals surface area contributed by atoms with E-state index in [4.69, 9.17) is 14.5 Å². The maximum absolute atomic E-state index is 13.6. The van der Waals surface area contributed by atoms with Crippen molar-refractivity contribution in [2.45, 2.75) is 19.7 Å². The van der Waals surface area contributed by atoms with Gasteiger partial charge in [-0.05, 0) is 58.8 Å². The highest BCUT2D eigenvalue weighted by Gasteiger charge is 2.33. The summed E-state index contributed by atoms with van der Waals surface area (Å²) in [5, 5.41) is 0.691. The number of hydrogen-bond acceptors (Lipinski definition) is 5. The topological polar surface area (TPSA) is 51.1 Å². The number of methoxy groups -OCH3 is 1. The van der Waals surface area contributed by atoms with E-state index in [1.54, 1.807) is 12.0 Å². The number of nitrogens with zero attached hydrogens (tertiary/aromatic N) is 2. The standard InChI is InChI=1S/C32H26Br2N2O3S/c1-38-29-16-24(12-15-28(29)39-21-25-13-14-26(33)18-27(25)34)17-30-31(37)36(20-23-10-6-3-7-11-23)32(40-30)35-19-22-8-4-2-5-9-22/h2-18H,19-21H2,1H3/b30-17-,35-32?. The van der Waals surface area contributed by atoms with Crippen LogP contribution in [0, 0.1) is 0 Å². The smallest absolute Gasteiger partial charge is 0.267 e. The third kappa shape index (κ3) is 7.05. The molecule has 4 aromatic rings. The van der Waals surface area contributed by atoms with Crippen LogP contribution < -0.4 is 9.47 Å². The van der Waals surface area contributed by atoms with E-state index in [0.717, 1.165) is 31.2 Å². The van der Waals surface area contributed by atoms with Crippen LogP contribution in [-0.4, -0.2) is 23.1 Å². The van der Waals surface area contributed by atoms with E-state index in [1.807, 2.05) is 103 Å². The maximum Gasteiger partial charge on any atom is 0.267 e. The minimum absolute atomic E-state index is 0.0694. The van der Waals surface area contributed by atoms with Crippen molar-refractivity contribution in [3.63, 3.8) is 0 Å². The molecule has 1 amide bonds. The molecule has 5 rings (SSSR count). The quantitative estimate of drug-likeness (QED) is 0.167. The van der Waals surface area contributed by atoms with Crippen LogP contribution in [0.4, 0.5) is 0 Å². The van der Waals surface area contributed by atoms with Gasteiger partial charge in [-0.3, -0.25) is 14.7 Å². The van der Waals surface area contributed by atoms with Crippen LogP contribution in [0.2, 0.25) is 0 Å². The number of carbonyl (C=O) groups excluding carboxylic acids is 1. The zero-order chi connectivity index (χ0) is 27.9.